The second-order valence-electron chi connectivity index (χ2n) is 3.65. The predicted molar refractivity (Wildman–Crippen MR) is 57.8 cm³/mol. The van der Waals surface area contributed by atoms with Crippen LogP contribution in [0.2, 0.25) is 0 Å². The van der Waals surface area contributed by atoms with Gasteiger partial charge in [0, 0.05) is 17.0 Å². The number of rotatable bonds is 2. The van der Waals surface area contributed by atoms with E-state index in [1.54, 1.807) is 6.92 Å². The molecule has 2 N–H and O–H groups in total. The third-order valence-corrected chi connectivity index (χ3v) is 2.46. The van der Waals surface area contributed by atoms with E-state index in [0.717, 1.165) is 18.2 Å². The highest BCUT2D eigenvalue weighted by molar-refractivity contribution is 5.90. The van der Waals surface area contributed by atoms with E-state index in [-0.39, 0.29) is 16.8 Å². The quantitative estimate of drug-likeness (QED) is 0.843. The van der Waals surface area contributed by atoms with Crippen molar-refractivity contribution in [3.05, 3.63) is 47.2 Å². The van der Waals surface area contributed by atoms with Crippen LogP contribution in [0, 0.1) is 18.6 Å². The van der Waals surface area contributed by atoms with Gasteiger partial charge in [0.1, 0.15) is 11.6 Å². The van der Waals surface area contributed by atoms with Gasteiger partial charge in [0.15, 0.2) is 0 Å². The maximum atomic E-state index is 13.5. The standard InChI is InChI=1S/C12H9F2NO2/c1-6-8(12(16)17)5-11(15-6)9-4-7(13)2-3-10(9)14/h2-5,15H,1H3,(H,16,17). The lowest BCUT2D eigenvalue weighted by Crippen LogP contribution is -1.95. The number of hydrogen-bond donors (Lipinski definition) is 2. The van der Waals surface area contributed by atoms with Crippen molar-refractivity contribution in [1.82, 2.24) is 4.98 Å². The molecule has 0 aliphatic heterocycles. The van der Waals surface area contributed by atoms with E-state index in [2.05, 4.69) is 4.98 Å². The lowest BCUT2D eigenvalue weighted by atomic mass is 10.1. The van der Waals surface area contributed by atoms with Crippen molar-refractivity contribution in [2.24, 2.45) is 0 Å². The summed E-state index contributed by atoms with van der Waals surface area (Å²) < 4.78 is 26.5. The molecular formula is C12H9F2NO2. The van der Waals surface area contributed by atoms with Gasteiger partial charge < -0.3 is 10.1 Å². The summed E-state index contributed by atoms with van der Waals surface area (Å²) in [6, 6.07) is 4.32. The molecule has 1 heterocycles. The van der Waals surface area contributed by atoms with Crippen molar-refractivity contribution in [2.75, 3.05) is 0 Å². The number of H-pyrrole nitrogens is 1. The van der Waals surface area contributed by atoms with E-state index >= 15 is 0 Å². The molecular weight excluding hydrogens is 228 g/mol. The van der Waals surface area contributed by atoms with E-state index in [1.165, 1.54) is 6.07 Å². The van der Waals surface area contributed by atoms with Gasteiger partial charge in [0.05, 0.1) is 5.56 Å². The Hall–Kier alpha value is -2.17. The zero-order chi connectivity index (χ0) is 12.6. The second-order valence-corrected chi connectivity index (χ2v) is 3.65. The zero-order valence-electron chi connectivity index (χ0n) is 8.92. The molecule has 0 bridgehead atoms. The largest absolute Gasteiger partial charge is 0.478 e. The zero-order valence-corrected chi connectivity index (χ0v) is 8.92. The van der Waals surface area contributed by atoms with Crippen LogP contribution in [0.3, 0.4) is 0 Å². The number of nitrogens with one attached hydrogen (secondary N) is 1. The molecule has 2 rings (SSSR count). The van der Waals surface area contributed by atoms with Crippen molar-refractivity contribution < 1.29 is 18.7 Å². The average Bonchev–Trinajstić information content (AvgIpc) is 2.64. The number of carbonyl (C=O) groups is 1. The first-order valence-electron chi connectivity index (χ1n) is 4.87. The molecule has 0 atom stereocenters. The fraction of sp³-hybridized carbons (Fsp3) is 0.0833. The van der Waals surface area contributed by atoms with E-state index in [0.29, 0.717) is 5.69 Å². The number of carboxylic acids is 1. The first-order chi connectivity index (χ1) is 7.99. The van der Waals surface area contributed by atoms with Gasteiger partial charge >= 0.3 is 5.97 Å². The van der Waals surface area contributed by atoms with Gasteiger partial charge in [-0.15, -0.1) is 0 Å². The monoisotopic (exact) mass is 237 g/mol. The summed E-state index contributed by atoms with van der Waals surface area (Å²) in [6.45, 7) is 1.56. The van der Waals surface area contributed by atoms with Gasteiger partial charge in [0.25, 0.3) is 0 Å². The van der Waals surface area contributed by atoms with E-state index < -0.39 is 17.6 Å². The Bertz CT molecular complexity index is 590. The van der Waals surface area contributed by atoms with Crippen LogP contribution >= 0.6 is 0 Å². The Morgan fingerprint density at radius 2 is 2.00 bits per heavy atom. The molecule has 1 aromatic heterocycles. The van der Waals surface area contributed by atoms with E-state index in [9.17, 15) is 13.6 Å². The van der Waals surface area contributed by atoms with Gasteiger partial charge in [0.2, 0.25) is 0 Å². The highest BCUT2D eigenvalue weighted by Gasteiger charge is 2.14. The summed E-state index contributed by atoms with van der Waals surface area (Å²) >= 11 is 0. The third kappa shape index (κ3) is 2.04. The molecule has 17 heavy (non-hydrogen) atoms. The van der Waals surface area contributed by atoms with Crippen molar-refractivity contribution in [3.63, 3.8) is 0 Å². The van der Waals surface area contributed by atoms with Crippen molar-refractivity contribution >= 4 is 5.97 Å². The summed E-state index contributed by atoms with van der Waals surface area (Å²) in [5.41, 5.74) is 0.706. The number of hydrogen-bond acceptors (Lipinski definition) is 1. The summed E-state index contributed by atoms with van der Waals surface area (Å²) in [6.07, 6.45) is 0. The third-order valence-electron chi connectivity index (χ3n) is 2.46. The topological polar surface area (TPSA) is 53.1 Å². The van der Waals surface area contributed by atoms with Crippen LogP contribution in [0.5, 0.6) is 0 Å². The molecule has 3 nitrogen and oxygen atoms in total. The normalized spacial score (nSPS) is 10.5. The lowest BCUT2D eigenvalue weighted by Gasteiger charge is -2.00. The molecule has 5 heteroatoms. The van der Waals surface area contributed by atoms with Gasteiger partial charge in [-0.25, -0.2) is 13.6 Å². The van der Waals surface area contributed by atoms with Crippen LogP contribution in [-0.4, -0.2) is 16.1 Å². The fourth-order valence-corrected chi connectivity index (χ4v) is 1.63. The van der Waals surface area contributed by atoms with E-state index in [4.69, 9.17) is 5.11 Å². The molecule has 0 saturated carbocycles. The van der Waals surface area contributed by atoms with Crippen LogP contribution < -0.4 is 0 Å². The smallest absolute Gasteiger partial charge is 0.337 e. The van der Waals surface area contributed by atoms with Gasteiger partial charge in [-0.3, -0.25) is 0 Å². The molecule has 0 fully saturated rings. The fourth-order valence-electron chi connectivity index (χ4n) is 1.63. The van der Waals surface area contributed by atoms with Gasteiger partial charge in [-0.2, -0.15) is 0 Å². The minimum atomic E-state index is -1.11. The first kappa shape index (κ1) is 11.3. The van der Waals surface area contributed by atoms with Crippen LogP contribution in [0.1, 0.15) is 16.1 Å². The van der Waals surface area contributed by atoms with Crippen LogP contribution in [0.4, 0.5) is 8.78 Å². The van der Waals surface area contributed by atoms with Crippen LogP contribution in [-0.2, 0) is 0 Å². The molecule has 0 aliphatic rings. The van der Waals surface area contributed by atoms with Crippen molar-refractivity contribution in [1.29, 1.82) is 0 Å². The first-order valence-corrected chi connectivity index (χ1v) is 4.87. The predicted octanol–water partition coefficient (Wildman–Crippen LogP) is 2.97. The number of aromatic nitrogens is 1. The van der Waals surface area contributed by atoms with Crippen molar-refractivity contribution in [3.8, 4) is 11.3 Å². The molecule has 0 saturated heterocycles. The highest BCUT2D eigenvalue weighted by atomic mass is 19.1. The summed E-state index contributed by atoms with van der Waals surface area (Å²) in [7, 11) is 0. The Balaban J connectivity index is 2.57. The Kier molecular flexibility index (Phi) is 2.67. The molecule has 0 aliphatic carbocycles. The van der Waals surface area contributed by atoms with Crippen molar-refractivity contribution in [2.45, 2.75) is 6.92 Å². The molecule has 1 aromatic carbocycles. The van der Waals surface area contributed by atoms with Crippen LogP contribution in [0.15, 0.2) is 24.3 Å². The maximum Gasteiger partial charge on any atom is 0.337 e. The number of aromatic amines is 1. The Labute approximate surface area is 95.7 Å². The Morgan fingerprint density at radius 3 is 2.59 bits per heavy atom. The SMILES string of the molecule is Cc1[nH]c(-c2cc(F)ccc2F)cc1C(=O)O. The lowest BCUT2D eigenvalue weighted by molar-refractivity contribution is 0.0696. The van der Waals surface area contributed by atoms with Crippen LogP contribution in [0.25, 0.3) is 11.3 Å². The van der Waals surface area contributed by atoms with Gasteiger partial charge in [-0.1, -0.05) is 0 Å². The van der Waals surface area contributed by atoms with Gasteiger partial charge in [-0.05, 0) is 31.2 Å². The second kappa shape index (κ2) is 4.01. The molecule has 0 amide bonds. The van der Waals surface area contributed by atoms with E-state index in [1.807, 2.05) is 0 Å². The minimum Gasteiger partial charge on any atom is -0.478 e. The summed E-state index contributed by atoms with van der Waals surface area (Å²) in [4.78, 5) is 13.6. The molecule has 0 unspecified atom stereocenters. The number of halogens is 2. The summed E-state index contributed by atoms with van der Waals surface area (Å²) in [5.74, 6) is -2.29. The molecule has 0 radical (unpaired) electrons. The Morgan fingerprint density at radius 1 is 1.29 bits per heavy atom. The average molecular weight is 237 g/mol. The maximum absolute atomic E-state index is 13.5. The number of carboxylic acid groups (broad SMARTS) is 1. The molecule has 88 valence electrons. The number of aryl methyl sites for hydroxylation is 1. The molecule has 2 aromatic rings. The highest BCUT2D eigenvalue weighted by Crippen LogP contribution is 2.25. The minimum absolute atomic E-state index is 0.0144. The molecule has 0 spiro atoms. The number of benzene rings is 1. The summed E-state index contributed by atoms with van der Waals surface area (Å²) in [5, 5.41) is 8.86. The number of aromatic carboxylic acids is 1.